The van der Waals surface area contributed by atoms with E-state index in [0.717, 1.165) is 5.56 Å². The van der Waals surface area contributed by atoms with E-state index in [4.69, 9.17) is 33.2 Å². The molecule has 2 amide bonds. The number of nitrogens with one attached hydrogen (secondary N) is 2. The highest BCUT2D eigenvalue weighted by Crippen LogP contribution is 2.37. The van der Waals surface area contributed by atoms with Crippen LogP contribution in [0.25, 0.3) is 0 Å². The zero-order valence-electron chi connectivity index (χ0n) is 30.1. The van der Waals surface area contributed by atoms with Crippen LogP contribution in [0.15, 0.2) is 71.6 Å². The Bertz CT molecular complexity index is 1930. The summed E-state index contributed by atoms with van der Waals surface area (Å²) in [6.45, 7) is 4.38. The number of amides is 2. The first kappa shape index (κ1) is 37.7. The maximum absolute atomic E-state index is 14.4. The fourth-order valence-corrected chi connectivity index (χ4v) is 8.66. The molecule has 54 heavy (non-hydrogen) atoms. The molecule has 3 N–H and O–H groups in total. The van der Waals surface area contributed by atoms with Crippen molar-refractivity contribution in [3.05, 3.63) is 77.9 Å². The van der Waals surface area contributed by atoms with Gasteiger partial charge in [-0.05, 0) is 60.6 Å². The minimum atomic E-state index is -4.25. The van der Waals surface area contributed by atoms with Gasteiger partial charge in [-0.1, -0.05) is 44.2 Å². The summed E-state index contributed by atoms with van der Waals surface area (Å²) in [6.07, 6.45) is -1.76. The molecule has 4 aliphatic rings. The molecule has 0 spiro atoms. The Morgan fingerprint density at radius 2 is 1.65 bits per heavy atom. The van der Waals surface area contributed by atoms with E-state index < -0.39 is 46.1 Å². The van der Waals surface area contributed by atoms with Gasteiger partial charge in [0, 0.05) is 31.3 Å². The number of aliphatic hydroxyl groups is 1. The standard InChI is InChI=1S/C38H45N3O12S/c1-38(2,13-14-39-35(43)25-8-10-30-32(17-25)51-22-49-30)21-41(54(45,46)26-9-11-31-33(18-26)52-23-50-31)19-29(42)28(16-24-6-4-3-5-7-24)40-37(44)53-34-20-48-36-27(34)12-15-47-36/h3-11,17-18,27-29,34,36,42H,12-16,19-23H2,1-2H3,(H,39,43)(H,40,44)/t27-,28-,29+,34-,36+/m0/s1. The summed E-state index contributed by atoms with van der Waals surface area (Å²) in [5.74, 6) is 1.37. The topological polar surface area (TPSA) is 180 Å². The number of benzene rings is 3. The van der Waals surface area contributed by atoms with Crippen LogP contribution in [0.4, 0.5) is 4.79 Å². The molecule has 2 fully saturated rings. The maximum Gasteiger partial charge on any atom is 0.407 e. The van der Waals surface area contributed by atoms with E-state index in [9.17, 15) is 23.1 Å². The van der Waals surface area contributed by atoms with Crippen LogP contribution in [0, 0.1) is 11.3 Å². The molecule has 7 rings (SSSR count). The molecule has 3 aromatic carbocycles. The van der Waals surface area contributed by atoms with Crippen molar-refractivity contribution in [3.8, 4) is 23.0 Å². The first-order valence-electron chi connectivity index (χ1n) is 18.0. The van der Waals surface area contributed by atoms with Crippen molar-refractivity contribution in [2.75, 3.05) is 46.4 Å². The lowest BCUT2D eigenvalue weighted by Gasteiger charge is -2.35. The fraction of sp³-hybridized carbons (Fsp3) is 0.474. The van der Waals surface area contributed by atoms with E-state index in [1.807, 2.05) is 44.2 Å². The predicted molar refractivity (Wildman–Crippen MR) is 192 cm³/mol. The van der Waals surface area contributed by atoms with E-state index in [0.29, 0.717) is 48.0 Å². The summed E-state index contributed by atoms with van der Waals surface area (Å²) in [5, 5.41) is 17.6. The van der Waals surface area contributed by atoms with E-state index >= 15 is 0 Å². The van der Waals surface area contributed by atoms with Crippen LogP contribution in [0.1, 0.15) is 42.6 Å². The molecule has 0 saturated carbocycles. The summed E-state index contributed by atoms with van der Waals surface area (Å²) in [6, 6.07) is 17.6. The first-order chi connectivity index (χ1) is 25.9. The predicted octanol–water partition coefficient (Wildman–Crippen LogP) is 3.44. The lowest BCUT2D eigenvalue weighted by atomic mass is 9.89. The number of ether oxygens (including phenoxy) is 7. The van der Waals surface area contributed by atoms with Gasteiger partial charge in [-0.3, -0.25) is 4.79 Å². The molecule has 4 aliphatic heterocycles. The van der Waals surface area contributed by atoms with Crippen LogP contribution < -0.4 is 29.6 Å². The monoisotopic (exact) mass is 767 g/mol. The zero-order valence-corrected chi connectivity index (χ0v) is 30.9. The average Bonchev–Trinajstić information content (AvgIpc) is 3.97. The lowest BCUT2D eigenvalue weighted by Crippen LogP contribution is -2.52. The lowest BCUT2D eigenvalue weighted by molar-refractivity contribution is -0.0907. The quantitative estimate of drug-likeness (QED) is 0.206. The molecule has 15 nitrogen and oxygen atoms in total. The molecular formula is C38H45N3O12S. The SMILES string of the molecule is CC(C)(CCNC(=O)c1ccc2c(c1)OCO2)CN(C[C@@H](O)[C@H](Cc1ccccc1)NC(=O)O[C@H]1CO[C@H]2OCC[C@H]21)S(=O)(=O)c1ccc2c(c1)OCO2. The minimum Gasteiger partial charge on any atom is -0.454 e. The van der Waals surface area contributed by atoms with Crippen LogP contribution in [0.2, 0.25) is 0 Å². The van der Waals surface area contributed by atoms with Gasteiger partial charge in [-0.25, -0.2) is 13.2 Å². The zero-order chi connectivity index (χ0) is 37.9. The number of alkyl carbamates (subject to hydrolysis) is 1. The second kappa shape index (κ2) is 16.0. The van der Waals surface area contributed by atoms with Crippen LogP contribution in [-0.4, -0.2) is 101 Å². The molecule has 5 atom stereocenters. The molecule has 3 aromatic rings. The second-order valence-electron chi connectivity index (χ2n) is 14.5. The normalized spacial score (nSPS) is 21.1. The highest BCUT2D eigenvalue weighted by molar-refractivity contribution is 7.89. The van der Waals surface area contributed by atoms with Gasteiger partial charge in [0.2, 0.25) is 23.6 Å². The van der Waals surface area contributed by atoms with Crippen molar-refractivity contribution in [2.45, 2.75) is 62.5 Å². The van der Waals surface area contributed by atoms with Gasteiger partial charge in [-0.15, -0.1) is 0 Å². The summed E-state index contributed by atoms with van der Waals surface area (Å²) >= 11 is 0. The Labute approximate surface area is 313 Å². The van der Waals surface area contributed by atoms with E-state index in [2.05, 4.69) is 10.6 Å². The smallest absolute Gasteiger partial charge is 0.407 e. The fourth-order valence-electron chi connectivity index (χ4n) is 7.00. The number of sulfonamides is 1. The van der Waals surface area contributed by atoms with Crippen LogP contribution >= 0.6 is 0 Å². The maximum atomic E-state index is 14.4. The van der Waals surface area contributed by atoms with Crippen molar-refractivity contribution >= 4 is 22.0 Å². The largest absolute Gasteiger partial charge is 0.454 e. The Morgan fingerprint density at radius 3 is 2.41 bits per heavy atom. The Balaban J connectivity index is 1.08. The van der Waals surface area contributed by atoms with Gasteiger partial charge in [0.15, 0.2) is 29.3 Å². The van der Waals surface area contributed by atoms with Gasteiger partial charge in [0.05, 0.1) is 36.2 Å². The molecule has 0 radical (unpaired) electrons. The number of hydrogen-bond donors (Lipinski definition) is 3. The Kier molecular flexibility index (Phi) is 11.2. The number of rotatable bonds is 15. The van der Waals surface area contributed by atoms with Crippen LogP contribution in [0.3, 0.4) is 0 Å². The number of nitrogens with zero attached hydrogens (tertiary/aromatic N) is 1. The number of aliphatic hydroxyl groups excluding tert-OH is 1. The van der Waals surface area contributed by atoms with Crippen LogP contribution in [0.5, 0.6) is 23.0 Å². The highest BCUT2D eigenvalue weighted by atomic mass is 32.2. The van der Waals surface area contributed by atoms with Crippen LogP contribution in [-0.2, 0) is 30.7 Å². The third-order valence-electron chi connectivity index (χ3n) is 10.0. The van der Waals surface area contributed by atoms with Gasteiger partial charge in [-0.2, -0.15) is 4.31 Å². The molecule has 2 saturated heterocycles. The first-order valence-corrected chi connectivity index (χ1v) is 19.4. The molecule has 0 aliphatic carbocycles. The third-order valence-corrected chi connectivity index (χ3v) is 11.8. The van der Waals surface area contributed by atoms with E-state index in [1.165, 1.54) is 22.5 Å². The molecule has 0 unspecified atom stereocenters. The summed E-state index contributed by atoms with van der Waals surface area (Å²) in [5.41, 5.74) is 0.521. The van der Waals surface area contributed by atoms with Crippen molar-refractivity contribution < 1.29 is 56.3 Å². The number of fused-ring (bicyclic) bond motifs is 3. The van der Waals surface area contributed by atoms with E-state index in [-0.39, 0.29) is 63.0 Å². The average molecular weight is 768 g/mol. The Hall–Kier alpha value is -4.61. The number of hydrogen-bond acceptors (Lipinski definition) is 12. The summed E-state index contributed by atoms with van der Waals surface area (Å²) < 4.78 is 68.6. The van der Waals surface area contributed by atoms with Gasteiger partial charge in [0.1, 0.15) is 6.10 Å². The second-order valence-corrected chi connectivity index (χ2v) is 16.5. The van der Waals surface area contributed by atoms with Gasteiger partial charge < -0.3 is 48.9 Å². The van der Waals surface area contributed by atoms with Crippen molar-refractivity contribution in [1.82, 2.24) is 14.9 Å². The molecular weight excluding hydrogens is 722 g/mol. The molecule has 4 heterocycles. The van der Waals surface area contributed by atoms with Crippen molar-refractivity contribution in [2.24, 2.45) is 11.3 Å². The highest BCUT2D eigenvalue weighted by Gasteiger charge is 2.44. The van der Waals surface area contributed by atoms with E-state index in [1.54, 1.807) is 18.2 Å². The van der Waals surface area contributed by atoms with Crippen molar-refractivity contribution in [1.29, 1.82) is 0 Å². The summed E-state index contributed by atoms with van der Waals surface area (Å²) in [4.78, 5) is 26.3. The number of carbonyl (C=O) groups excluding carboxylic acids is 2. The third kappa shape index (κ3) is 8.68. The molecule has 290 valence electrons. The number of carbonyl (C=O) groups is 2. The summed E-state index contributed by atoms with van der Waals surface area (Å²) in [7, 11) is -4.25. The Morgan fingerprint density at radius 1 is 0.944 bits per heavy atom. The minimum absolute atomic E-state index is 0.0311. The van der Waals surface area contributed by atoms with Crippen molar-refractivity contribution in [3.63, 3.8) is 0 Å². The van der Waals surface area contributed by atoms with Gasteiger partial charge in [0.25, 0.3) is 5.91 Å². The molecule has 16 heteroatoms. The molecule has 0 aromatic heterocycles. The molecule has 0 bridgehead atoms. The van der Waals surface area contributed by atoms with Gasteiger partial charge >= 0.3 is 6.09 Å².